The molecule has 2 aromatic rings. The third-order valence-corrected chi connectivity index (χ3v) is 4.33. The van der Waals surface area contributed by atoms with Crippen molar-refractivity contribution in [3.8, 4) is 11.1 Å². The number of fused-ring (bicyclic) bond motifs is 1. The zero-order valence-electron chi connectivity index (χ0n) is 9.91. The first-order chi connectivity index (χ1) is 8.79. The standard InChI is InChI=1S/C14H12N2OS/c1-16-12-5-4-10(11-3-2-6-15-8-11)7-13(12)18-14(16)9-17/h2-9,14H,1H3. The van der Waals surface area contributed by atoms with Crippen LogP contribution < -0.4 is 4.90 Å². The van der Waals surface area contributed by atoms with Crippen molar-refractivity contribution in [2.24, 2.45) is 0 Å². The van der Waals surface area contributed by atoms with Crippen molar-refractivity contribution in [1.29, 1.82) is 0 Å². The lowest BCUT2D eigenvalue weighted by atomic mass is 10.1. The third kappa shape index (κ3) is 1.78. The van der Waals surface area contributed by atoms with Crippen molar-refractivity contribution in [3.63, 3.8) is 0 Å². The van der Waals surface area contributed by atoms with Gasteiger partial charge in [0.1, 0.15) is 5.37 Å². The highest BCUT2D eigenvalue weighted by atomic mass is 32.2. The molecule has 1 aromatic carbocycles. The van der Waals surface area contributed by atoms with Gasteiger partial charge in [-0.25, -0.2) is 0 Å². The van der Waals surface area contributed by atoms with Crippen LogP contribution in [0, 0.1) is 0 Å². The Morgan fingerprint density at radius 2 is 2.22 bits per heavy atom. The van der Waals surface area contributed by atoms with E-state index >= 15 is 0 Å². The van der Waals surface area contributed by atoms with Gasteiger partial charge in [0, 0.05) is 29.9 Å². The molecule has 0 spiro atoms. The Morgan fingerprint density at radius 1 is 1.33 bits per heavy atom. The van der Waals surface area contributed by atoms with Gasteiger partial charge in [0.25, 0.3) is 0 Å². The quantitative estimate of drug-likeness (QED) is 0.774. The lowest BCUT2D eigenvalue weighted by molar-refractivity contribution is -0.107. The third-order valence-electron chi connectivity index (χ3n) is 3.08. The molecule has 18 heavy (non-hydrogen) atoms. The largest absolute Gasteiger partial charge is 0.355 e. The predicted molar refractivity (Wildman–Crippen MR) is 73.8 cm³/mol. The van der Waals surface area contributed by atoms with Gasteiger partial charge in [0.15, 0.2) is 6.29 Å². The Hall–Kier alpha value is -1.81. The molecule has 3 nitrogen and oxygen atoms in total. The van der Waals surface area contributed by atoms with Crippen molar-refractivity contribution in [1.82, 2.24) is 4.98 Å². The maximum Gasteiger partial charge on any atom is 0.153 e. The number of pyridine rings is 1. The van der Waals surface area contributed by atoms with Crippen molar-refractivity contribution in [2.45, 2.75) is 10.3 Å². The highest BCUT2D eigenvalue weighted by Gasteiger charge is 2.26. The molecule has 0 fully saturated rings. The van der Waals surface area contributed by atoms with Gasteiger partial charge >= 0.3 is 0 Å². The number of rotatable bonds is 2. The number of hydrogen-bond donors (Lipinski definition) is 0. The van der Waals surface area contributed by atoms with Crippen molar-refractivity contribution >= 4 is 23.7 Å². The summed E-state index contributed by atoms with van der Waals surface area (Å²) in [5.41, 5.74) is 3.34. The SMILES string of the molecule is CN1c2ccc(-c3cccnc3)cc2SC1C=O. The summed E-state index contributed by atoms with van der Waals surface area (Å²) >= 11 is 1.59. The van der Waals surface area contributed by atoms with Crippen LogP contribution in [0.3, 0.4) is 0 Å². The van der Waals surface area contributed by atoms with E-state index in [1.807, 2.05) is 30.3 Å². The van der Waals surface area contributed by atoms with E-state index in [2.05, 4.69) is 23.2 Å². The fourth-order valence-corrected chi connectivity index (χ4v) is 3.19. The van der Waals surface area contributed by atoms with E-state index < -0.39 is 0 Å². The van der Waals surface area contributed by atoms with Crippen LogP contribution in [0.2, 0.25) is 0 Å². The summed E-state index contributed by atoms with van der Waals surface area (Å²) in [6.07, 6.45) is 4.60. The zero-order valence-corrected chi connectivity index (χ0v) is 10.7. The summed E-state index contributed by atoms with van der Waals surface area (Å²) in [6, 6.07) is 10.2. The molecule has 3 rings (SSSR count). The Morgan fingerprint density at radius 3 is 2.94 bits per heavy atom. The molecular formula is C14H12N2OS. The Kier molecular flexibility index (Phi) is 2.80. The number of carbonyl (C=O) groups excluding carboxylic acids is 1. The molecule has 1 unspecified atom stereocenters. The van der Waals surface area contributed by atoms with E-state index in [4.69, 9.17) is 0 Å². The van der Waals surface area contributed by atoms with E-state index in [9.17, 15) is 4.79 Å². The Labute approximate surface area is 110 Å². The van der Waals surface area contributed by atoms with Crippen molar-refractivity contribution < 1.29 is 4.79 Å². The molecule has 4 heteroatoms. The van der Waals surface area contributed by atoms with Crippen molar-refractivity contribution in [2.75, 3.05) is 11.9 Å². The van der Waals surface area contributed by atoms with Crippen LogP contribution in [0.4, 0.5) is 5.69 Å². The summed E-state index contributed by atoms with van der Waals surface area (Å²) in [4.78, 5) is 18.2. The van der Waals surface area contributed by atoms with E-state index in [0.29, 0.717) is 0 Å². The number of aldehydes is 1. The summed E-state index contributed by atoms with van der Waals surface area (Å²) in [5, 5.41) is -0.107. The summed E-state index contributed by atoms with van der Waals surface area (Å²) in [6.45, 7) is 0. The lowest BCUT2D eigenvalue weighted by Gasteiger charge is -2.15. The molecule has 1 atom stereocenters. The van der Waals surface area contributed by atoms with Crippen LogP contribution in [0.1, 0.15) is 0 Å². The van der Waals surface area contributed by atoms with Crippen LogP contribution in [0.5, 0.6) is 0 Å². The molecule has 1 aliphatic rings. The average molecular weight is 256 g/mol. The van der Waals surface area contributed by atoms with E-state index in [1.54, 1.807) is 18.0 Å². The molecule has 0 aliphatic carbocycles. The van der Waals surface area contributed by atoms with Crippen LogP contribution in [-0.2, 0) is 4.79 Å². The molecule has 2 heterocycles. The van der Waals surface area contributed by atoms with Crippen LogP contribution in [0.25, 0.3) is 11.1 Å². The van der Waals surface area contributed by atoms with Gasteiger partial charge in [-0.3, -0.25) is 4.98 Å². The first-order valence-electron chi connectivity index (χ1n) is 5.69. The van der Waals surface area contributed by atoms with Gasteiger partial charge in [-0.15, -0.1) is 0 Å². The average Bonchev–Trinajstić information content (AvgIpc) is 2.76. The van der Waals surface area contributed by atoms with Gasteiger partial charge in [-0.1, -0.05) is 23.9 Å². The highest BCUT2D eigenvalue weighted by molar-refractivity contribution is 8.01. The van der Waals surface area contributed by atoms with E-state index in [0.717, 1.165) is 28.0 Å². The minimum absolute atomic E-state index is 0.107. The normalized spacial score (nSPS) is 17.6. The number of anilines is 1. The number of nitrogens with zero attached hydrogens (tertiary/aromatic N) is 2. The number of aromatic nitrogens is 1. The summed E-state index contributed by atoms with van der Waals surface area (Å²) < 4.78 is 0. The molecular weight excluding hydrogens is 244 g/mol. The van der Waals surface area contributed by atoms with Crippen LogP contribution >= 0.6 is 11.8 Å². The monoisotopic (exact) mass is 256 g/mol. The Bertz CT molecular complexity index is 586. The smallest absolute Gasteiger partial charge is 0.153 e. The molecule has 0 radical (unpaired) electrons. The van der Waals surface area contributed by atoms with Gasteiger partial charge in [0.05, 0.1) is 5.69 Å². The van der Waals surface area contributed by atoms with Gasteiger partial charge in [-0.2, -0.15) is 0 Å². The molecule has 0 saturated heterocycles. The first-order valence-corrected chi connectivity index (χ1v) is 6.57. The summed E-state index contributed by atoms with van der Waals surface area (Å²) in [5.74, 6) is 0. The number of likely N-dealkylation sites (N-methyl/N-ethyl adjacent to an activating group) is 1. The first kappa shape index (κ1) is 11.3. The number of carbonyl (C=O) groups is 1. The molecule has 0 saturated carbocycles. The molecule has 1 aromatic heterocycles. The zero-order chi connectivity index (χ0) is 12.5. The minimum Gasteiger partial charge on any atom is -0.355 e. The number of hydrogen-bond acceptors (Lipinski definition) is 4. The fourth-order valence-electron chi connectivity index (χ4n) is 2.08. The maximum absolute atomic E-state index is 11.0. The van der Waals surface area contributed by atoms with E-state index in [-0.39, 0.29) is 5.37 Å². The second-order valence-corrected chi connectivity index (χ2v) is 5.34. The van der Waals surface area contributed by atoms with Crippen LogP contribution in [0.15, 0.2) is 47.6 Å². The van der Waals surface area contributed by atoms with Crippen molar-refractivity contribution in [3.05, 3.63) is 42.7 Å². The maximum atomic E-state index is 11.0. The molecule has 0 N–H and O–H groups in total. The predicted octanol–water partition coefficient (Wildman–Crippen LogP) is 2.82. The fraction of sp³-hybridized carbons (Fsp3) is 0.143. The minimum atomic E-state index is -0.107. The molecule has 90 valence electrons. The topological polar surface area (TPSA) is 33.2 Å². The molecule has 0 bridgehead atoms. The Balaban J connectivity index is 2.02. The number of benzene rings is 1. The molecule has 0 amide bonds. The van der Waals surface area contributed by atoms with Gasteiger partial charge in [0.2, 0.25) is 0 Å². The second-order valence-electron chi connectivity index (χ2n) is 4.18. The summed E-state index contributed by atoms with van der Waals surface area (Å²) in [7, 11) is 1.95. The van der Waals surface area contributed by atoms with Gasteiger partial charge < -0.3 is 9.69 Å². The molecule has 1 aliphatic heterocycles. The van der Waals surface area contributed by atoms with E-state index in [1.165, 1.54) is 0 Å². The second kappa shape index (κ2) is 4.46. The highest BCUT2D eigenvalue weighted by Crippen LogP contribution is 2.43. The number of thioether (sulfide) groups is 1. The van der Waals surface area contributed by atoms with Crippen LogP contribution in [-0.4, -0.2) is 23.7 Å². The van der Waals surface area contributed by atoms with Gasteiger partial charge in [-0.05, 0) is 23.8 Å². The lowest BCUT2D eigenvalue weighted by Crippen LogP contribution is -2.25.